The number of aryl methyl sites for hydroxylation is 1. The zero-order valence-electron chi connectivity index (χ0n) is 7.33. The van der Waals surface area contributed by atoms with E-state index in [0.29, 0.717) is 18.4 Å². The van der Waals surface area contributed by atoms with E-state index in [9.17, 15) is 0 Å². The van der Waals surface area contributed by atoms with Crippen molar-refractivity contribution in [2.45, 2.75) is 19.3 Å². The highest BCUT2D eigenvalue weighted by atomic mass is 16.3. The molecule has 0 unspecified atom stereocenters. The minimum atomic E-state index is 0.346. The van der Waals surface area contributed by atoms with Crippen LogP contribution in [0.3, 0.4) is 0 Å². The van der Waals surface area contributed by atoms with Crippen molar-refractivity contribution in [1.29, 1.82) is 0 Å². The molecular weight excluding hydrogens is 148 g/mol. The minimum absolute atomic E-state index is 0.346. The van der Waals surface area contributed by atoms with Crippen LogP contribution in [0.1, 0.15) is 23.5 Å². The molecule has 1 aromatic rings. The molecule has 0 spiro atoms. The summed E-state index contributed by atoms with van der Waals surface area (Å²) in [7, 11) is 0. The first-order valence-electron chi connectivity index (χ1n) is 4.49. The third-order valence-corrected chi connectivity index (χ3v) is 2.75. The fourth-order valence-electron chi connectivity index (χ4n) is 1.83. The third kappa shape index (κ3) is 1.25. The van der Waals surface area contributed by atoms with Crippen LogP contribution in [-0.2, 0) is 0 Å². The maximum Gasteiger partial charge on any atom is 0.0465 e. The molecule has 1 aliphatic rings. The van der Waals surface area contributed by atoms with E-state index in [4.69, 9.17) is 5.11 Å². The van der Waals surface area contributed by atoms with Crippen LogP contribution in [0, 0.1) is 12.8 Å². The maximum atomic E-state index is 8.93. The second kappa shape index (κ2) is 2.91. The lowest BCUT2D eigenvalue weighted by Crippen LogP contribution is -1.90. The first-order chi connectivity index (χ1) is 5.83. The van der Waals surface area contributed by atoms with Gasteiger partial charge in [-0.1, -0.05) is 24.3 Å². The molecule has 0 aromatic heterocycles. The highest BCUT2D eigenvalue weighted by Crippen LogP contribution is 2.47. The minimum Gasteiger partial charge on any atom is -0.396 e. The lowest BCUT2D eigenvalue weighted by Gasteiger charge is -2.02. The van der Waals surface area contributed by atoms with Crippen molar-refractivity contribution in [2.24, 2.45) is 5.92 Å². The van der Waals surface area contributed by atoms with Crippen LogP contribution in [0.4, 0.5) is 0 Å². The fourth-order valence-corrected chi connectivity index (χ4v) is 1.83. The van der Waals surface area contributed by atoms with Crippen LogP contribution in [0.2, 0.25) is 0 Å². The summed E-state index contributed by atoms with van der Waals surface area (Å²) in [5.74, 6) is 1.17. The van der Waals surface area contributed by atoms with Gasteiger partial charge in [0.1, 0.15) is 0 Å². The first-order valence-corrected chi connectivity index (χ1v) is 4.49. The van der Waals surface area contributed by atoms with Gasteiger partial charge in [-0.15, -0.1) is 0 Å². The summed E-state index contributed by atoms with van der Waals surface area (Å²) in [6.45, 7) is 2.49. The van der Waals surface area contributed by atoms with Gasteiger partial charge in [-0.2, -0.15) is 0 Å². The van der Waals surface area contributed by atoms with E-state index in [2.05, 4.69) is 31.2 Å². The summed E-state index contributed by atoms with van der Waals surface area (Å²) < 4.78 is 0. The van der Waals surface area contributed by atoms with E-state index in [1.807, 2.05) is 0 Å². The number of rotatable bonds is 2. The van der Waals surface area contributed by atoms with Gasteiger partial charge in [-0.3, -0.25) is 0 Å². The number of aliphatic hydroxyl groups excluding tert-OH is 1. The Morgan fingerprint density at radius 1 is 1.42 bits per heavy atom. The van der Waals surface area contributed by atoms with Gasteiger partial charge in [0.2, 0.25) is 0 Å². The lowest BCUT2D eigenvalue weighted by atomic mass is 10.0. The van der Waals surface area contributed by atoms with Crippen LogP contribution in [-0.4, -0.2) is 11.7 Å². The molecule has 1 fully saturated rings. The SMILES string of the molecule is Cc1ccccc1[C@H]1C[C@H]1CO. The highest BCUT2D eigenvalue weighted by Gasteiger charge is 2.37. The summed E-state index contributed by atoms with van der Waals surface area (Å²) in [6, 6.07) is 8.46. The van der Waals surface area contributed by atoms with Crippen molar-refractivity contribution in [3.63, 3.8) is 0 Å². The van der Waals surface area contributed by atoms with E-state index in [-0.39, 0.29) is 0 Å². The van der Waals surface area contributed by atoms with Crippen LogP contribution in [0.15, 0.2) is 24.3 Å². The monoisotopic (exact) mass is 162 g/mol. The van der Waals surface area contributed by atoms with Crippen molar-refractivity contribution >= 4 is 0 Å². The average molecular weight is 162 g/mol. The summed E-state index contributed by atoms with van der Waals surface area (Å²) in [6.07, 6.45) is 1.17. The molecule has 64 valence electrons. The van der Waals surface area contributed by atoms with Crippen LogP contribution in [0.25, 0.3) is 0 Å². The van der Waals surface area contributed by atoms with Gasteiger partial charge in [0, 0.05) is 6.61 Å². The molecule has 1 heteroatoms. The van der Waals surface area contributed by atoms with Crippen molar-refractivity contribution in [2.75, 3.05) is 6.61 Å². The standard InChI is InChI=1S/C11H14O/c1-8-4-2-3-5-10(8)11-6-9(11)7-12/h2-5,9,11-12H,6-7H2,1H3/t9-,11-/m0/s1. The predicted molar refractivity (Wildman–Crippen MR) is 49.1 cm³/mol. The highest BCUT2D eigenvalue weighted by molar-refractivity contribution is 5.33. The predicted octanol–water partition coefficient (Wildman–Crippen LogP) is 2.09. The van der Waals surface area contributed by atoms with Gasteiger partial charge in [0.25, 0.3) is 0 Å². The normalized spacial score (nSPS) is 27.2. The topological polar surface area (TPSA) is 20.2 Å². The Bertz CT molecular complexity index is 280. The van der Waals surface area contributed by atoms with Crippen molar-refractivity contribution in [3.8, 4) is 0 Å². The second-order valence-electron chi connectivity index (χ2n) is 3.64. The zero-order valence-corrected chi connectivity index (χ0v) is 7.33. The van der Waals surface area contributed by atoms with Crippen LogP contribution >= 0.6 is 0 Å². The maximum absolute atomic E-state index is 8.93. The van der Waals surface area contributed by atoms with E-state index < -0.39 is 0 Å². The summed E-state index contributed by atoms with van der Waals surface area (Å²) >= 11 is 0. The van der Waals surface area contributed by atoms with E-state index in [1.165, 1.54) is 17.5 Å². The van der Waals surface area contributed by atoms with Gasteiger partial charge in [0.05, 0.1) is 0 Å². The first kappa shape index (κ1) is 7.81. The van der Waals surface area contributed by atoms with E-state index in [0.717, 1.165) is 0 Å². The second-order valence-corrected chi connectivity index (χ2v) is 3.64. The number of benzene rings is 1. The van der Waals surface area contributed by atoms with Gasteiger partial charge < -0.3 is 5.11 Å². The van der Waals surface area contributed by atoms with Crippen molar-refractivity contribution < 1.29 is 5.11 Å². The fraction of sp³-hybridized carbons (Fsp3) is 0.455. The van der Waals surface area contributed by atoms with Crippen LogP contribution in [0.5, 0.6) is 0 Å². The molecule has 0 amide bonds. The lowest BCUT2D eigenvalue weighted by molar-refractivity contribution is 0.274. The van der Waals surface area contributed by atoms with Crippen molar-refractivity contribution in [1.82, 2.24) is 0 Å². The number of aliphatic hydroxyl groups is 1. The molecular formula is C11H14O. The Kier molecular flexibility index (Phi) is 1.89. The van der Waals surface area contributed by atoms with Gasteiger partial charge in [-0.05, 0) is 36.3 Å². The third-order valence-electron chi connectivity index (χ3n) is 2.75. The Balaban J connectivity index is 2.19. The van der Waals surface area contributed by atoms with Gasteiger partial charge >= 0.3 is 0 Å². The Hall–Kier alpha value is -0.820. The zero-order chi connectivity index (χ0) is 8.55. The Morgan fingerprint density at radius 2 is 2.17 bits per heavy atom. The molecule has 1 N–H and O–H groups in total. The quantitative estimate of drug-likeness (QED) is 0.706. The van der Waals surface area contributed by atoms with Gasteiger partial charge in [-0.25, -0.2) is 0 Å². The molecule has 0 bridgehead atoms. The number of hydrogen-bond acceptors (Lipinski definition) is 1. The Labute approximate surface area is 73.0 Å². The summed E-state index contributed by atoms with van der Waals surface area (Å²) in [5, 5.41) is 8.93. The molecule has 1 nitrogen and oxygen atoms in total. The van der Waals surface area contributed by atoms with E-state index >= 15 is 0 Å². The molecule has 0 aliphatic heterocycles. The van der Waals surface area contributed by atoms with Crippen molar-refractivity contribution in [3.05, 3.63) is 35.4 Å². The number of hydrogen-bond donors (Lipinski definition) is 1. The molecule has 0 saturated heterocycles. The molecule has 2 rings (SSSR count). The summed E-state index contributed by atoms with van der Waals surface area (Å²) in [4.78, 5) is 0. The largest absolute Gasteiger partial charge is 0.396 e. The average Bonchev–Trinajstić information content (AvgIpc) is 2.84. The molecule has 2 atom stereocenters. The molecule has 12 heavy (non-hydrogen) atoms. The van der Waals surface area contributed by atoms with E-state index in [1.54, 1.807) is 0 Å². The Morgan fingerprint density at radius 3 is 2.75 bits per heavy atom. The van der Waals surface area contributed by atoms with Crippen LogP contribution < -0.4 is 0 Å². The molecule has 1 aromatic carbocycles. The molecule has 0 radical (unpaired) electrons. The molecule has 1 aliphatic carbocycles. The van der Waals surface area contributed by atoms with Gasteiger partial charge in [0.15, 0.2) is 0 Å². The molecule has 1 saturated carbocycles. The smallest absolute Gasteiger partial charge is 0.0465 e. The summed E-state index contributed by atoms with van der Waals surface area (Å²) in [5.41, 5.74) is 2.79. The molecule has 0 heterocycles.